The van der Waals surface area contributed by atoms with Crippen LogP contribution in [-0.2, 0) is 14.8 Å². The number of carbonyl (C=O) groups is 1. The number of halogens is 3. The van der Waals surface area contributed by atoms with E-state index in [-0.39, 0.29) is 13.1 Å². The SMILES string of the molecule is O=C1CN(S(=O)(=O)CCCC(F)(F)F)CCCN1. The highest BCUT2D eigenvalue weighted by atomic mass is 32.2. The van der Waals surface area contributed by atoms with Gasteiger partial charge in [0.05, 0.1) is 12.3 Å². The maximum absolute atomic E-state index is 11.9. The van der Waals surface area contributed by atoms with Crippen molar-refractivity contribution in [2.75, 3.05) is 25.4 Å². The summed E-state index contributed by atoms with van der Waals surface area (Å²) in [4.78, 5) is 11.2. The van der Waals surface area contributed by atoms with Gasteiger partial charge in [-0.1, -0.05) is 0 Å². The minimum Gasteiger partial charge on any atom is -0.355 e. The Kier molecular flexibility index (Phi) is 4.97. The predicted octanol–water partition coefficient (Wildman–Crippen LogP) is 0.481. The van der Waals surface area contributed by atoms with Crippen molar-refractivity contribution in [2.24, 2.45) is 0 Å². The molecule has 0 aromatic heterocycles. The van der Waals surface area contributed by atoms with E-state index in [4.69, 9.17) is 0 Å². The van der Waals surface area contributed by atoms with Crippen molar-refractivity contribution in [3.8, 4) is 0 Å². The zero-order valence-electron chi connectivity index (χ0n) is 9.66. The van der Waals surface area contributed by atoms with Gasteiger partial charge in [-0.05, 0) is 12.8 Å². The highest BCUT2D eigenvalue weighted by molar-refractivity contribution is 7.89. The van der Waals surface area contributed by atoms with Gasteiger partial charge in [0.1, 0.15) is 0 Å². The summed E-state index contributed by atoms with van der Waals surface area (Å²) in [6.07, 6.45) is -5.51. The van der Waals surface area contributed by atoms with Crippen LogP contribution in [0.1, 0.15) is 19.3 Å². The van der Waals surface area contributed by atoms with Crippen molar-refractivity contribution in [3.05, 3.63) is 0 Å². The Morgan fingerprint density at radius 1 is 1.33 bits per heavy atom. The van der Waals surface area contributed by atoms with Crippen molar-refractivity contribution in [1.29, 1.82) is 0 Å². The van der Waals surface area contributed by atoms with E-state index in [1.165, 1.54) is 0 Å². The monoisotopic (exact) mass is 288 g/mol. The third kappa shape index (κ3) is 5.21. The molecular weight excluding hydrogens is 273 g/mol. The Bertz CT molecular complexity index is 394. The molecule has 0 aromatic carbocycles. The summed E-state index contributed by atoms with van der Waals surface area (Å²) in [6, 6.07) is 0. The van der Waals surface area contributed by atoms with Crippen molar-refractivity contribution in [1.82, 2.24) is 9.62 Å². The van der Waals surface area contributed by atoms with Crippen molar-refractivity contribution < 1.29 is 26.4 Å². The number of nitrogens with zero attached hydrogens (tertiary/aromatic N) is 1. The second-order valence-electron chi connectivity index (χ2n) is 4.07. The number of amides is 1. The average Bonchev–Trinajstić information content (AvgIpc) is 2.40. The molecule has 1 fully saturated rings. The molecule has 0 aliphatic carbocycles. The first kappa shape index (κ1) is 15.2. The fraction of sp³-hybridized carbons (Fsp3) is 0.889. The number of sulfonamides is 1. The summed E-state index contributed by atoms with van der Waals surface area (Å²) >= 11 is 0. The van der Waals surface area contributed by atoms with E-state index in [2.05, 4.69) is 5.32 Å². The fourth-order valence-corrected chi connectivity index (χ4v) is 3.09. The van der Waals surface area contributed by atoms with E-state index in [0.29, 0.717) is 13.0 Å². The van der Waals surface area contributed by atoms with Crippen molar-refractivity contribution in [2.45, 2.75) is 25.4 Å². The van der Waals surface area contributed by atoms with E-state index in [1.807, 2.05) is 0 Å². The first-order valence-electron chi connectivity index (χ1n) is 5.52. The Hall–Kier alpha value is -0.830. The van der Waals surface area contributed by atoms with E-state index in [9.17, 15) is 26.4 Å². The van der Waals surface area contributed by atoms with E-state index in [1.54, 1.807) is 0 Å². The molecule has 1 rings (SSSR count). The van der Waals surface area contributed by atoms with Gasteiger partial charge < -0.3 is 5.32 Å². The van der Waals surface area contributed by atoms with Crippen LogP contribution in [0.5, 0.6) is 0 Å². The van der Waals surface area contributed by atoms with Gasteiger partial charge in [-0.25, -0.2) is 8.42 Å². The fourth-order valence-electron chi connectivity index (χ4n) is 1.60. The Labute approximate surface area is 103 Å². The third-order valence-corrected chi connectivity index (χ3v) is 4.39. The van der Waals surface area contributed by atoms with E-state index >= 15 is 0 Å². The van der Waals surface area contributed by atoms with Gasteiger partial charge in [0.15, 0.2) is 0 Å². The molecular formula is C9H15F3N2O3S. The lowest BCUT2D eigenvalue weighted by molar-refractivity contribution is -0.134. The smallest absolute Gasteiger partial charge is 0.355 e. The van der Waals surface area contributed by atoms with Crippen LogP contribution in [0.3, 0.4) is 0 Å². The Morgan fingerprint density at radius 3 is 2.61 bits per heavy atom. The first-order valence-corrected chi connectivity index (χ1v) is 7.13. The largest absolute Gasteiger partial charge is 0.389 e. The number of hydrogen-bond donors (Lipinski definition) is 1. The molecule has 0 spiro atoms. The first-order chi connectivity index (χ1) is 8.21. The van der Waals surface area contributed by atoms with Gasteiger partial charge in [0.25, 0.3) is 0 Å². The second-order valence-corrected chi connectivity index (χ2v) is 6.16. The van der Waals surface area contributed by atoms with Gasteiger partial charge in [-0.3, -0.25) is 4.79 Å². The van der Waals surface area contributed by atoms with Crippen LogP contribution in [0.2, 0.25) is 0 Å². The lowest BCUT2D eigenvalue weighted by Crippen LogP contribution is -2.38. The highest BCUT2D eigenvalue weighted by Crippen LogP contribution is 2.22. The average molecular weight is 288 g/mol. The van der Waals surface area contributed by atoms with Crippen LogP contribution in [-0.4, -0.2) is 50.2 Å². The van der Waals surface area contributed by atoms with E-state index in [0.717, 1.165) is 4.31 Å². The zero-order chi connectivity index (χ0) is 13.8. The standard InChI is InChI=1S/C9H15F3N2O3S/c10-9(11,12)3-1-6-18(16,17)14-5-2-4-13-8(15)7-14/h1-7H2,(H,13,15). The molecule has 1 aliphatic heterocycles. The molecule has 1 N–H and O–H groups in total. The normalized spacial score (nSPS) is 19.4. The Balaban J connectivity index is 2.54. The Morgan fingerprint density at radius 2 is 2.00 bits per heavy atom. The molecule has 1 amide bonds. The maximum atomic E-state index is 11.9. The molecule has 0 bridgehead atoms. The zero-order valence-corrected chi connectivity index (χ0v) is 10.5. The summed E-state index contributed by atoms with van der Waals surface area (Å²) in [6.45, 7) is 0.231. The number of carbonyl (C=O) groups excluding carboxylic acids is 1. The molecule has 0 radical (unpaired) electrons. The third-order valence-electron chi connectivity index (χ3n) is 2.48. The van der Waals surface area contributed by atoms with Crippen LogP contribution in [0.4, 0.5) is 13.2 Å². The molecule has 9 heteroatoms. The van der Waals surface area contributed by atoms with Gasteiger partial charge in [0.2, 0.25) is 15.9 Å². The number of alkyl halides is 3. The van der Waals surface area contributed by atoms with Crippen LogP contribution in [0.25, 0.3) is 0 Å². The lowest BCUT2D eigenvalue weighted by atomic mass is 10.3. The van der Waals surface area contributed by atoms with Crippen molar-refractivity contribution in [3.63, 3.8) is 0 Å². The van der Waals surface area contributed by atoms with Crippen LogP contribution < -0.4 is 5.32 Å². The number of rotatable bonds is 4. The molecule has 0 aromatic rings. The van der Waals surface area contributed by atoms with E-state index < -0.39 is 40.7 Å². The topological polar surface area (TPSA) is 66.5 Å². The molecule has 106 valence electrons. The minimum atomic E-state index is -4.36. The summed E-state index contributed by atoms with van der Waals surface area (Å²) in [5.41, 5.74) is 0. The molecule has 5 nitrogen and oxygen atoms in total. The maximum Gasteiger partial charge on any atom is 0.389 e. The predicted molar refractivity (Wildman–Crippen MR) is 58.3 cm³/mol. The summed E-state index contributed by atoms with van der Waals surface area (Å²) in [5, 5.41) is 2.50. The molecule has 1 aliphatic rings. The lowest BCUT2D eigenvalue weighted by Gasteiger charge is -2.18. The number of hydrogen-bond acceptors (Lipinski definition) is 3. The van der Waals surface area contributed by atoms with Gasteiger partial charge in [-0.15, -0.1) is 0 Å². The van der Waals surface area contributed by atoms with Crippen LogP contribution in [0.15, 0.2) is 0 Å². The van der Waals surface area contributed by atoms with Gasteiger partial charge in [-0.2, -0.15) is 17.5 Å². The summed E-state index contributed by atoms with van der Waals surface area (Å²) in [7, 11) is -3.79. The van der Waals surface area contributed by atoms with Crippen LogP contribution in [0, 0.1) is 0 Å². The quantitative estimate of drug-likeness (QED) is 0.818. The summed E-state index contributed by atoms with van der Waals surface area (Å²) < 4.78 is 60.2. The molecule has 18 heavy (non-hydrogen) atoms. The molecule has 1 heterocycles. The second kappa shape index (κ2) is 5.87. The molecule has 0 unspecified atom stereocenters. The molecule has 0 atom stereocenters. The number of nitrogens with one attached hydrogen (secondary N) is 1. The van der Waals surface area contributed by atoms with Crippen molar-refractivity contribution >= 4 is 15.9 Å². The molecule has 1 saturated heterocycles. The molecule has 0 saturated carbocycles. The van der Waals surface area contributed by atoms with Gasteiger partial charge in [0, 0.05) is 19.5 Å². The highest BCUT2D eigenvalue weighted by Gasteiger charge is 2.30. The van der Waals surface area contributed by atoms with Crippen LogP contribution >= 0.6 is 0 Å². The van der Waals surface area contributed by atoms with Gasteiger partial charge >= 0.3 is 6.18 Å². The minimum absolute atomic E-state index is 0.160. The summed E-state index contributed by atoms with van der Waals surface area (Å²) in [5.74, 6) is -1.01.